The molecule has 0 aliphatic rings. The zero-order valence-electron chi connectivity index (χ0n) is 7.09. The van der Waals surface area contributed by atoms with Gasteiger partial charge in [0.25, 0.3) is 0 Å². The van der Waals surface area contributed by atoms with Crippen molar-refractivity contribution in [3.8, 4) is 0 Å². The molecule has 0 radical (unpaired) electrons. The highest BCUT2D eigenvalue weighted by Crippen LogP contribution is 2.13. The van der Waals surface area contributed by atoms with Crippen LogP contribution >= 0.6 is 0 Å². The number of benzene rings is 1. The number of hydrogen-bond acceptors (Lipinski definition) is 3. The van der Waals surface area contributed by atoms with E-state index in [-0.39, 0.29) is 6.54 Å². The Hall–Kier alpha value is -1.35. The van der Waals surface area contributed by atoms with Crippen molar-refractivity contribution in [2.45, 2.75) is 0 Å². The van der Waals surface area contributed by atoms with E-state index >= 15 is 0 Å². The van der Waals surface area contributed by atoms with Crippen molar-refractivity contribution in [1.29, 1.82) is 5.41 Å². The first-order chi connectivity index (χ1) is 5.79. The molecule has 12 heavy (non-hydrogen) atoms. The first-order valence-corrected chi connectivity index (χ1v) is 3.84. The van der Waals surface area contributed by atoms with Crippen LogP contribution in [0.25, 0.3) is 0 Å². The minimum Gasteiger partial charge on any atom is -0.388 e. The van der Waals surface area contributed by atoms with E-state index < -0.39 is 0 Å². The monoisotopic (exact) mass is 163 g/mol. The van der Waals surface area contributed by atoms with Crippen LogP contribution in [-0.2, 0) is 0 Å². The Morgan fingerprint density at radius 1 is 1.50 bits per heavy atom. The summed E-state index contributed by atoms with van der Waals surface area (Å²) >= 11 is 0. The molecule has 1 rings (SSSR count). The normalized spacial score (nSPS) is 9.50. The molecule has 3 heteroatoms. The van der Waals surface area contributed by atoms with E-state index in [1.807, 2.05) is 31.3 Å². The average Bonchev–Trinajstić information content (AvgIpc) is 2.16. The quantitative estimate of drug-likeness (QED) is 0.583. The lowest BCUT2D eigenvalue weighted by Crippen LogP contribution is -2.15. The highest BCUT2D eigenvalue weighted by molar-refractivity contribution is 6.04. The van der Waals surface area contributed by atoms with E-state index in [4.69, 9.17) is 11.1 Å². The highest BCUT2D eigenvalue weighted by atomic mass is 14.8. The van der Waals surface area contributed by atoms with E-state index in [1.54, 1.807) is 0 Å². The fourth-order valence-electron chi connectivity index (χ4n) is 1.07. The van der Waals surface area contributed by atoms with Gasteiger partial charge in [-0.25, -0.2) is 0 Å². The summed E-state index contributed by atoms with van der Waals surface area (Å²) in [6, 6.07) is 7.65. The zero-order chi connectivity index (χ0) is 8.97. The lowest BCUT2D eigenvalue weighted by Gasteiger charge is -2.07. The van der Waals surface area contributed by atoms with Crippen molar-refractivity contribution in [2.75, 3.05) is 18.9 Å². The van der Waals surface area contributed by atoms with E-state index in [9.17, 15) is 0 Å². The third-order valence-corrected chi connectivity index (χ3v) is 1.73. The van der Waals surface area contributed by atoms with E-state index in [0.29, 0.717) is 5.71 Å². The molecular formula is C9H13N3. The molecule has 0 aliphatic heterocycles. The van der Waals surface area contributed by atoms with Crippen LogP contribution in [0.15, 0.2) is 24.3 Å². The van der Waals surface area contributed by atoms with Crippen LogP contribution in [0.3, 0.4) is 0 Å². The third-order valence-electron chi connectivity index (χ3n) is 1.73. The summed E-state index contributed by atoms with van der Waals surface area (Å²) in [5.74, 6) is 0. The standard InChI is InChI=1S/C9H13N3/c1-12-9-5-3-2-4-7(9)8(11)6-10/h2-5,11-12H,6,10H2,1H3. The first-order valence-electron chi connectivity index (χ1n) is 3.84. The smallest absolute Gasteiger partial charge is 0.0542 e. The van der Waals surface area contributed by atoms with Gasteiger partial charge in [0.2, 0.25) is 0 Å². The number of nitrogens with two attached hydrogens (primary N) is 1. The van der Waals surface area contributed by atoms with Crippen LogP contribution in [-0.4, -0.2) is 19.3 Å². The van der Waals surface area contributed by atoms with Crippen molar-refractivity contribution >= 4 is 11.4 Å². The number of rotatable bonds is 3. The van der Waals surface area contributed by atoms with Gasteiger partial charge in [0.1, 0.15) is 0 Å². The number of hydrogen-bond donors (Lipinski definition) is 3. The van der Waals surface area contributed by atoms with Crippen molar-refractivity contribution < 1.29 is 0 Å². The van der Waals surface area contributed by atoms with Gasteiger partial charge < -0.3 is 16.5 Å². The Morgan fingerprint density at radius 2 is 2.17 bits per heavy atom. The molecule has 64 valence electrons. The molecule has 4 N–H and O–H groups in total. The Bertz CT molecular complexity index is 281. The summed E-state index contributed by atoms with van der Waals surface area (Å²) in [6.07, 6.45) is 0. The molecule has 0 spiro atoms. The van der Waals surface area contributed by atoms with Crippen molar-refractivity contribution in [1.82, 2.24) is 0 Å². The zero-order valence-corrected chi connectivity index (χ0v) is 7.09. The molecule has 0 saturated heterocycles. The topological polar surface area (TPSA) is 61.9 Å². The van der Waals surface area contributed by atoms with Gasteiger partial charge in [-0.1, -0.05) is 18.2 Å². The van der Waals surface area contributed by atoms with Gasteiger partial charge in [-0.2, -0.15) is 0 Å². The van der Waals surface area contributed by atoms with Crippen LogP contribution in [0.4, 0.5) is 5.69 Å². The largest absolute Gasteiger partial charge is 0.388 e. The summed E-state index contributed by atoms with van der Waals surface area (Å²) < 4.78 is 0. The van der Waals surface area contributed by atoms with Gasteiger partial charge >= 0.3 is 0 Å². The minimum absolute atomic E-state index is 0.276. The summed E-state index contributed by atoms with van der Waals surface area (Å²) in [5.41, 5.74) is 7.66. The lowest BCUT2D eigenvalue weighted by atomic mass is 10.1. The van der Waals surface area contributed by atoms with Gasteiger partial charge in [-0.05, 0) is 6.07 Å². The number of para-hydroxylation sites is 1. The van der Waals surface area contributed by atoms with Gasteiger partial charge in [0, 0.05) is 24.8 Å². The third kappa shape index (κ3) is 1.62. The Labute approximate surface area is 72.1 Å². The Balaban J connectivity index is 3.04. The molecule has 1 aromatic rings. The molecular weight excluding hydrogens is 150 g/mol. The molecule has 0 aliphatic carbocycles. The first kappa shape index (κ1) is 8.74. The summed E-state index contributed by atoms with van der Waals surface area (Å²) in [6.45, 7) is 0.276. The molecule has 0 fully saturated rings. The van der Waals surface area contributed by atoms with Gasteiger partial charge in [0.05, 0.1) is 5.71 Å². The average molecular weight is 163 g/mol. The lowest BCUT2D eigenvalue weighted by molar-refractivity contribution is 1.26. The van der Waals surface area contributed by atoms with Gasteiger partial charge in [-0.3, -0.25) is 0 Å². The van der Waals surface area contributed by atoms with Crippen LogP contribution in [0.1, 0.15) is 5.56 Å². The molecule has 0 amide bonds. The maximum absolute atomic E-state index is 7.56. The fourth-order valence-corrected chi connectivity index (χ4v) is 1.07. The molecule has 3 nitrogen and oxygen atoms in total. The Morgan fingerprint density at radius 3 is 2.75 bits per heavy atom. The van der Waals surface area contributed by atoms with Crippen molar-refractivity contribution in [2.24, 2.45) is 5.73 Å². The van der Waals surface area contributed by atoms with Gasteiger partial charge in [0.15, 0.2) is 0 Å². The highest BCUT2D eigenvalue weighted by Gasteiger charge is 2.02. The molecule has 0 unspecified atom stereocenters. The second kappa shape index (κ2) is 3.88. The SMILES string of the molecule is CNc1ccccc1C(=N)CN. The molecule has 1 aromatic carbocycles. The van der Waals surface area contributed by atoms with Crippen molar-refractivity contribution in [3.63, 3.8) is 0 Å². The fraction of sp³-hybridized carbons (Fsp3) is 0.222. The minimum atomic E-state index is 0.276. The molecule has 0 atom stereocenters. The molecule has 0 aromatic heterocycles. The van der Waals surface area contributed by atoms with Crippen LogP contribution in [0.5, 0.6) is 0 Å². The molecule has 0 heterocycles. The second-order valence-electron chi connectivity index (χ2n) is 2.48. The Kier molecular flexibility index (Phi) is 2.82. The second-order valence-corrected chi connectivity index (χ2v) is 2.48. The van der Waals surface area contributed by atoms with Crippen molar-refractivity contribution in [3.05, 3.63) is 29.8 Å². The van der Waals surface area contributed by atoms with Gasteiger partial charge in [-0.15, -0.1) is 0 Å². The predicted octanol–water partition coefficient (Wildman–Crippen LogP) is 1.05. The van der Waals surface area contributed by atoms with E-state index in [0.717, 1.165) is 11.3 Å². The summed E-state index contributed by atoms with van der Waals surface area (Å²) in [4.78, 5) is 0. The number of anilines is 1. The molecule has 0 saturated carbocycles. The van der Waals surface area contributed by atoms with Crippen LogP contribution < -0.4 is 11.1 Å². The maximum Gasteiger partial charge on any atom is 0.0542 e. The van der Waals surface area contributed by atoms with Crippen LogP contribution in [0.2, 0.25) is 0 Å². The predicted molar refractivity (Wildman–Crippen MR) is 51.9 cm³/mol. The summed E-state index contributed by atoms with van der Waals surface area (Å²) in [7, 11) is 1.84. The summed E-state index contributed by atoms with van der Waals surface area (Å²) in [5, 5.41) is 10.6. The van der Waals surface area contributed by atoms with Crippen LogP contribution in [0, 0.1) is 5.41 Å². The van der Waals surface area contributed by atoms with E-state index in [1.165, 1.54) is 0 Å². The van der Waals surface area contributed by atoms with E-state index in [2.05, 4.69) is 5.32 Å². The molecule has 0 bridgehead atoms. The maximum atomic E-state index is 7.56. The number of nitrogens with one attached hydrogen (secondary N) is 2.